The van der Waals surface area contributed by atoms with E-state index in [2.05, 4.69) is 32.8 Å². The summed E-state index contributed by atoms with van der Waals surface area (Å²) in [7, 11) is 0. The van der Waals surface area contributed by atoms with Crippen molar-refractivity contribution in [3.63, 3.8) is 0 Å². The van der Waals surface area contributed by atoms with Gasteiger partial charge in [-0.1, -0.05) is 24.1 Å². The average molecular weight is 785 g/mol. The second-order valence-electron chi connectivity index (χ2n) is 13.2. The van der Waals surface area contributed by atoms with E-state index in [4.69, 9.17) is 33.5 Å². The second-order valence-corrected chi connectivity index (χ2v) is 13.2. The molecule has 14 heteroatoms. The van der Waals surface area contributed by atoms with E-state index in [0.717, 1.165) is 16.7 Å². The summed E-state index contributed by atoms with van der Waals surface area (Å²) in [6.45, 7) is 9.38. The monoisotopic (exact) mass is 784 g/mol. The van der Waals surface area contributed by atoms with E-state index in [9.17, 15) is 14.4 Å². The lowest BCUT2D eigenvalue weighted by Gasteiger charge is -2.21. The van der Waals surface area contributed by atoms with E-state index in [1.807, 2.05) is 25.1 Å². The normalized spacial score (nSPS) is 15.5. The van der Waals surface area contributed by atoms with Crippen molar-refractivity contribution < 1.29 is 47.9 Å². The highest BCUT2D eigenvalue weighted by molar-refractivity contribution is 6.12. The Morgan fingerprint density at radius 2 is 1.28 bits per heavy atom. The molecule has 0 aliphatic carbocycles. The molecule has 0 unspecified atom stereocenters. The minimum absolute atomic E-state index is 0.00170. The van der Waals surface area contributed by atoms with Crippen molar-refractivity contribution >= 4 is 23.8 Å². The number of nitrogens with zero attached hydrogens (tertiary/aromatic N) is 1. The van der Waals surface area contributed by atoms with Crippen LogP contribution in [0, 0.1) is 18.8 Å². The van der Waals surface area contributed by atoms with E-state index in [0.29, 0.717) is 113 Å². The molecule has 5 rings (SSSR count). The van der Waals surface area contributed by atoms with Crippen LogP contribution in [0.1, 0.15) is 65.8 Å². The third kappa shape index (κ3) is 13.0. The van der Waals surface area contributed by atoms with Crippen LogP contribution in [-0.2, 0) is 30.2 Å². The Labute approximate surface area is 333 Å². The Hall–Kier alpha value is -4.98. The van der Waals surface area contributed by atoms with Crippen LogP contribution in [0.25, 0.3) is 0 Å². The highest BCUT2D eigenvalue weighted by Gasteiger charge is 2.30. The van der Waals surface area contributed by atoms with Crippen LogP contribution in [-0.4, -0.2) is 133 Å². The van der Waals surface area contributed by atoms with Gasteiger partial charge in [-0.2, -0.15) is 0 Å². The quantitative estimate of drug-likeness (QED) is 0.0597. The van der Waals surface area contributed by atoms with Crippen LogP contribution in [0.5, 0.6) is 5.75 Å². The molecule has 0 aromatic heterocycles. The fourth-order valence-corrected chi connectivity index (χ4v) is 6.27. The van der Waals surface area contributed by atoms with Crippen molar-refractivity contribution in [3.8, 4) is 17.6 Å². The van der Waals surface area contributed by atoms with Crippen molar-refractivity contribution in [1.82, 2.24) is 16.0 Å². The van der Waals surface area contributed by atoms with E-state index < -0.39 is 0 Å². The average Bonchev–Trinajstić information content (AvgIpc) is 3.88. The molecular weight excluding hydrogens is 732 g/mol. The number of fused-ring (bicyclic) bond motifs is 1. The molecule has 3 aromatic carbocycles. The number of rotatable bonds is 24. The summed E-state index contributed by atoms with van der Waals surface area (Å²) >= 11 is 0. The fraction of sp³-hybridized carbons (Fsp3) is 0.442. The van der Waals surface area contributed by atoms with Gasteiger partial charge in [0.1, 0.15) is 12.4 Å². The number of aliphatic hydroxyl groups excluding tert-OH is 1. The lowest BCUT2D eigenvalue weighted by atomic mass is 9.94. The predicted molar refractivity (Wildman–Crippen MR) is 213 cm³/mol. The molecule has 14 nitrogen and oxygen atoms in total. The molecule has 2 atom stereocenters. The SMILES string of the molecule is CC#Cc1ccc(OCCOCCOCCOCCOCCOCCO)c(C(=O)c2ccc(C(=O)N[C@@H]3CNC[C@H]3NC(=O)c3ccc4c(c3)CN=C4)cc2)c1C. The number of hydrogen-bond donors (Lipinski definition) is 4. The molecule has 2 aliphatic heterocycles. The van der Waals surface area contributed by atoms with Crippen LogP contribution in [0.3, 0.4) is 0 Å². The number of aliphatic hydroxyl groups is 1. The molecule has 0 spiro atoms. The summed E-state index contributed by atoms with van der Waals surface area (Å²) in [5.41, 5.74) is 5.17. The highest BCUT2D eigenvalue weighted by atomic mass is 16.6. The van der Waals surface area contributed by atoms with Gasteiger partial charge < -0.3 is 49.5 Å². The van der Waals surface area contributed by atoms with E-state index in [1.54, 1.807) is 49.5 Å². The largest absolute Gasteiger partial charge is 0.490 e. The summed E-state index contributed by atoms with van der Waals surface area (Å²) < 4.78 is 33.2. The molecule has 1 fully saturated rings. The molecule has 0 saturated carbocycles. The number of carbonyl (C=O) groups excluding carboxylic acids is 3. The molecule has 2 amide bonds. The molecule has 57 heavy (non-hydrogen) atoms. The smallest absolute Gasteiger partial charge is 0.251 e. The van der Waals surface area contributed by atoms with Gasteiger partial charge in [-0.25, -0.2) is 0 Å². The highest BCUT2D eigenvalue weighted by Crippen LogP contribution is 2.28. The van der Waals surface area contributed by atoms with Gasteiger partial charge in [0.05, 0.1) is 96.9 Å². The van der Waals surface area contributed by atoms with Crippen LogP contribution in [0.2, 0.25) is 0 Å². The number of ketones is 1. The first-order chi connectivity index (χ1) is 27.9. The summed E-state index contributed by atoms with van der Waals surface area (Å²) in [4.78, 5) is 44.6. The maximum atomic E-state index is 13.9. The van der Waals surface area contributed by atoms with Gasteiger partial charge in [-0.15, -0.1) is 5.92 Å². The first-order valence-corrected chi connectivity index (χ1v) is 19.2. The maximum Gasteiger partial charge on any atom is 0.251 e. The van der Waals surface area contributed by atoms with E-state index in [-0.39, 0.29) is 49.5 Å². The van der Waals surface area contributed by atoms with Crippen molar-refractivity contribution in [1.29, 1.82) is 0 Å². The maximum absolute atomic E-state index is 13.9. The van der Waals surface area contributed by atoms with Gasteiger partial charge in [0.2, 0.25) is 0 Å². The zero-order valence-electron chi connectivity index (χ0n) is 32.6. The summed E-state index contributed by atoms with van der Waals surface area (Å²) in [6.07, 6.45) is 1.80. The third-order valence-corrected chi connectivity index (χ3v) is 9.28. The lowest BCUT2D eigenvalue weighted by molar-refractivity contribution is -0.0146. The van der Waals surface area contributed by atoms with Gasteiger partial charge in [-0.05, 0) is 66.9 Å². The molecule has 304 valence electrons. The molecule has 4 N–H and O–H groups in total. The Morgan fingerprint density at radius 3 is 1.88 bits per heavy atom. The number of amides is 2. The van der Waals surface area contributed by atoms with E-state index in [1.165, 1.54) is 0 Å². The van der Waals surface area contributed by atoms with Crippen LogP contribution >= 0.6 is 0 Å². The zero-order valence-corrected chi connectivity index (χ0v) is 32.6. The second kappa shape index (κ2) is 23.3. The van der Waals surface area contributed by atoms with E-state index >= 15 is 0 Å². The van der Waals surface area contributed by atoms with Crippen molar-refractivity contribution in [3.05, 3.63) is 99.1 Å². The van der Waals surface area contributed by atoms with Crippen molar-refractivity contribution in [2.75, 3.05) is 92.4 Å². The Kier molecular flexibility index (Phi) is 17.6. The number of benzene rings is 3. The van der Waals surface area contributed by atoms with Crippen LogP contribution in [0.4, 0.5) is 0 Å². The standard InChI is InChI=1S/C43H52N4O10/c1-3-4-31-11-12-39(57-24-23-56-22-21-55-20-19-54-18-17-53-16-15-52-14-13-48)40(30(31)2)41(49)32-5-7-33(8-6-32)42(50)46-37-28-45-29-38(37)47-43(51)34-9-10-35-26-44-27-36(35)25-34/h5-12,25-26,37-38,45,48H,13-24,27-29H2,1-2H3,(H,46,50)(H,47,51)/t37-,38-/m1/s1. The zero-order chi connectivity index (χ0) is 40.2. The molecule has 2 heterocycles. The Bertz CT molecular complexity index is 1890. The number of hydrogen-bond acceptors (Lipinski definition) is 12. The summed E-state index contributed by atoms with van der Waals surface area (Å²) in [5.74, 6) is 5.59. The minimum Gasteiger partial charge on any atom is -0.490 e. The number of ether oxygens (including phenoxy) is 6. The van der Waals surface area contributed by atoms with Crippen molar-refractivity contribution in [2.45, 2.75) is 32.5 Å². The van der Waals surface area contributed by atoms with Gasteiger partial charge >= 0.3 is 0 Å². The number of nitrogens with one attached hydrogen (secondary N) is 3. The van der Waals surface area contributed by atoms with Gasteiger partial charge in [0, 0.05) is 41.6 Å². The molecule has 3 aromatic rings. The molecular formula is C43H52N4O10. The first-order valence-electron chi connectivity index (χ1n) is 19.2. The Balaban J connectivity index is 1.06. The van der Waals surface area contributed by atoms with Crippen LogP contribution in [0.15, 0.2) is 59.6 Å². The summed E-state index contributed by atoms with van der Waals surface area (Å²) in [5, 5.41) is 18.0. The topological polar surface area (TPSA) is 175 Å². The number of carbonyl (C=O) groups is 3. The van der Waals surface area contributed by atoms with Crippen molar-refractivity contribution in [2.24, 2.45) is 4.99 Å². The first kappa shape index (κ1) is 43.1. The Morgan fingerprint density at radius 1 is 0.737 bits per heavy atom. The number of aliphatic imine (C=N–C) groups is 1. The third-order valence-electron chi connectivity index (χ3n) is 9.28. The fourth-order valence-electron chi connectivity index (χ4n) is 6.27. The molecule has 0 radical (unpaired) electrons. The van der Waals surface area contributed by atoms with Gasteiger partial charge in [-0.3, -0.25) is 19.4 Å². The predicted octanol–water partition coefficient (Wildman–Crippen LogP) is 2.48. The minimum atomic E-state index is -0.326. The summed E-state index contributed by atoms with van der Waals surface area (Å²) in [6, 6.07) is 15.0. The van der Waals surface area contributed by atoms with Gasteiger partial charge in [0.15, 0.2) is 5.78 Å². The lowest BCUT2D eigenvalue weighted by Crippen LogP contribution is -2.51. The molecule has 2 aliphatic rings. The van der Waals surface area contributed by atoms with Gasteiger partial charge in [0.25, 0.3) is 11.8 Å². The van der Waals surface area contributed by atoms with Crippen LogP contribution < -0.4 is 20.7 Å². The molecule has 0 bridgehead atoms. The molecule has 1 saturated heterocycles.